The molecule has 3 N–H and O–H groups in total. The van der Waals surface area contributed by atoms with Gasteiger partial charge in [-0.2, -0.15) is 0 Å². The van der Waals surface area contributed by atoms with E-state index in [1.807, 2.05) is 0 Å². The minimum Gasteiger partial charge on any atom is -0.495 e. The lowest BCUT2D eigenvalue weighted by atomic mass is 10.1. The summed E-state index contributed by atoms with van der Waals surface area (Å²) >= 11 is 5.97. The first-order valence-corrected chi connectivity index (χ1v) is 8.40. The van der Waals surface area contributed by atoms with Crippen LogP contribution in [0.1, 0.15) is 19.3 Å². The number of ether oxygens (including phenoxy) is 1. The molecule has 1 aliphatic carbocycles. The van der Waals surface area contributed by atoms with Gasteiger partial charge >= 0.3 is 0 Å². The number of hydrogen-bond donors (Lipinski definition) is 2. The summed E-state index contributed by atoms with van der Waals surface area (Å²) in [4.78, 5) is 0.144. The van der Waals surface area contributed by atoms with Gasteiger partial charge in [-0.1, -0.05) is 18.0 Å². The van der Waals surface area contributed by atoms with E-state index in [0.29, 0.717) is 12.3 Å². The first-order valence-electron chi connectivity index (χ1n) is 6.54. The molecule has 1 aromatic rings. The Kier molecular flexibility index (Phi) is 4.90. The Morgan fingerprint density at radius 2 is 2.20 bits per heavy atom. The number of rotatable bonds is 5. The van der Waals surface area contributed by atoms with E-state index in [1.54, 1.807) is 6.07 Å². The van der Waals surface area contributed by atoms with Crippen LogP contribution in [0.15, 0.2) is 23.1 Å². The van der Waals surface area contributed by atoms with Crippen LogP contribution in [0.3, 0.4) is 0 Å². The van der Waals surface area contributed by atoms with Gasteiger partial charge in [0.2, 0.25) is 10.0 Å². The van der Waals surface area contributed by atoms with Crippen LogP contribution < -0.4 is 15.2 Å². The summed E-state index contributed by atoms with van der Waals surface area (Å²) in [6.07, 6.45) is 2.79. The van der Waals surface area contributed by atoms with Crippen molar-refractivity contribution in [2.24, 2.45) is 11.7 Å². The van der Waals surface area contributed by atoms with Gasteiger partial charge in [0, 0.05) is 6.04 Å². The Balaban J connectivity index is 2.20. The fraction of sp³-hybridized carbons (Fsp3) is 0.538. The molecule has 0 spiro atoms. The Labute approximate surface area is 124 Å². The molecular weight excluding hydrogens is 300 g/mol. The van der Waals surface area contributed by atoms with Gasteiger partial charge in [-0.05, 0) is 43.5 Å². The van der Waals surface area contributed by atoms with E-state index in [9.17, 15) is 8.42 Å². The van der Waals surface area contributed by atoms with Gasteiger partial charge in [0.05, 0.1) is 17.0 Å². The van der Waals surface area contributed by atoms with Crippen molar-refractivity contribution in [3.63, 3.8) is 0 Å². The van der Waals surface area contributed by atoms with Crippen molar-refractivity contribution in [3.05, 3.63) is 23.2 Å². The molecule has 1 fully saturated rings. The molecule has 112 valence electrons. The van der Waals surface area contributed by atoms with E-state index in [1.165, 1.54) is 19.2 Å². The van der Waals surface area contributed by atoms with E-state index in [-0.39, 0.29) is 21.9 Å². The summed E-state index contributed by atoms with van der Waals surface area (Å²) < 4.78 is 32.4. The first kappa shape index (κ1) is 15.6. The van der Waals surface area contributed by atoms with E-state index in [2.05, 4.69) is 4.72 Å². The van der Waals surface area contributed by atoms with Crippen molar-refractivity contribution in [2.45, 2.75) is 30.2 Å². The summed E-state index contributed by atoms with van der Waals surface area (Å²) in [5.41, 5.74) is 5.67. The molecule has 1 aromatic carbocycles. The topological polar surface area (TPSA) is 81.4 Å². The third-order valence-corrected chi connectivity index (χ3v) is 5.48. The second-order valence-electron chi connectivity index (χ2n) is 4.95. The molecule has 0 aromatic heterocycles. The van der Waals surface area contributed by atoms with Crippen molar-refractivity contribution in [2.75, 3.05) is 13.7 Å². The summed E-state index contributed by atoms with van der Waals surface area (Å²) in [5.74, 6) is 0.657. The Hall–Kier alpha value is -0.820. The average Bonchev–Trinajstić information content (AvgIpc) is 2.85. The minimum atomic E-state index is -3.58. The van der Waals surface area contributed by atoms with Crippen molar-refractivity contribution in [1.82, 2.24) is 4.72 Å². The Morgan fingerprint density at radius 1 is 1.45 bits per heavy atom. The molecule has 7 heteroatoms. The first-order chi connectivity index (χ1) is 9.47. The maximum atomic E-state index is 12.4. The fourth-order valence-corrected chi connectivity index (χ4v) is 4.24. The highest BCUT2D eigenvalue weighted by Crippen LogP contribution is 2.29. The van der Waals surface area contributed by atoms with Crippen LogP contribution >= 0.6 is 11.6 Å². The molecule has 2 atom stereocenters. The van der Waals surface area contributed by atoms with Crippen LogP contribution in [0.5, 0.6) is 5.75 Å². The summed E-state index contributed by atoms with van der Waals surface area (Å²) in [7, 11) is -2.10. The van der Waals surface area contributed by atoms with Gasteiger partial charge in [-0.15, -0.1) is 0 Å². The quantitative estimate of drug-likeness (QED) is 0.866. The van der Waals surface area contributed by atoms with Crippen LogP contribution in [0, 0.1) is 5.92 Å². The normalized spacial score (nSPS) is 22.9. The van der Waals surface area contributed by atoms with Crippen molar-refractivity contribution < 1.29 is 13.2 Å². The third kappa shape index (κ3) is 3.25. The smallest absolute Gasteiger partial charge is 0.240 e. The Bertz CT molecular complexity index is 577. The molecule has 5 nitrogen and oxygen atoms in total. The lowest BCUT2D eigenvalue weighted by molar-refractivity contribution is 0.414. The molecule has 0 saturated heterocycles. The largest absolute Gasteiger partial charge is 0.495 e. The van der Waals surface area contributed by atoms with Crippen LogP contribution in [0.4, 0.5) is 0 Å². The standard InChI is InChI=1S/C13H19ClN2O3S/c1-19-13-6-5-10(7-11(13)14)20(17,18)16-12-4-2-3-9(12)8-15/h5-7,9,12,16H,2-4,8,15H2,1H3. The molecule has 0 heterocycles. The zero-order valence-corrected chi connectivity index (χ0v) is 12.9. The maximum Gasteiger partial charge on any atom is 0.240 e. The zero-order chi connectivity index (χ0) is 14.8. The SMILES string of the molecule is COc1ccc(S(=O)(=O)NC2CCCC2CN)cc1Cl. The number of hydrogen-bond acceptors (Lipinski definition) is 4. The summed E-state index contributed by atoms with van der Waals surface area (Å²) in [6, 6.07) is 4.34. The van der Waals surface area contributed by atoms with Gasteiger partial charge in [0.1, 0.15) is 5.75 Å². The van der Waals surface area contributed by atoms with E-state index < -0.39 is 10.0 Å². The monoisotopic (exact) mass is 318 g/mol. The van der Waals surface area contributed by atoms with Crippen LogP contribution in [-0.2, 0) is 10.0 Å². The maximum absolute atomic E-state index is 12.4. The van der Waals surface area contributed by atoms with E-state index in [4.69, 9.17) is 22.1 Å². The predicted molar refractivity (Wildman–Crippen MR) is 78.5 cm³/mol. The third-order valence-electron chi connectivity index (χ3n) is 3.70. The molecule has 1 saturated carbocycles. The zero-order valence-electron chi connectivity index (χ0n) is 11.3. The molecule has 2 rings (SSSR count). The molecule has 0 radical (unpaired) electrons. The number of sulfonamides is 1. The van der Waals surface area contributed by atoms with Crippen molar-refractivity contribution in [3.8, 4) is 5.75 Å². The van der Waals surface area contributed by atoms with E-state index >= 15 is 0 Å². The van der Waals surface area contributed by atoms with Gasteiger partial charge in [0.25, 0.3) is 0 Å². The van der Waals surface area contributed by atoms with Crippen LogP contribution in [-0.4, -0.2) is 28.1 Å². The molecule has 2 unspecified atom stereocenters. The second-order valence-corrected chi connectivity index (χ2v) is 7.07. The predicted octanol–water partition coefficient (Wildman–Crippen LogP) is 1.75. The number of halogens is 1. The van der Waals surface area contributed by atoms with Crippen molar-refractivity contribution in [1.29, 1.82) is 0 Å². The van der Waals surface area contributed by atoms with Crippen molar-refractivity contribution >= 4 is 21.6 Å². The van der Waals surface area contributed by atoms with Gasteiger partial charge in [-0.25, -0.2) is 13.1 Å². The number of benzene rings is 1. The molecule has 20 heavy (non-hydrogen) atoms. The number of nitrogens with two attached hydrogens (primary N) is 1. The number of nitrogens with one attached hydrogen (secondary N) is 1. The van der Waals surface area contributed by atoms with E-state index in [0.717, 1.165) is 19.3 Å². The highest BCUT2D eigenvalue weighted by Gasteiger charge is 2.30. The molecule has 0 bridgehead atoms. The highest BCUT2D eigenvalue weighted by atomic mass is 35.5. The second kappa shape index (κ2) is 6.30. The summed E-state index contributed by atoms with van der Waals surface area (Å²) in [5, 5.41) is 0.275. The van der Waals surface area contributed by atoms with Crippen LogP contribution in [0.2, 0.25) is 5.02 Å². The molecule has 1 aliphatic rings. The molecule has 0 amide bonds. The van der Waals surface area contributed by atoms with Gasteiger partial charge in [0.15, 0.2) is 0 Å². The number of methoxy groups -OCH3 is 1. The van der Waals surface area contributed by atoms with Crippen LogP contribution in [0.25, 0.3) is 0 Å². The lowest BCUT2D eigenvalue weighted by Crippen LogP contribution is -2.39. The van der Waals surface area contributed by atoms with Gasteiger partial charge in [-0.3, -0.25) is 0 Å². The van der Waals surface area contributed by atoms with Gasteiger partial charge < -0.3 is 10.5 Å². The minimum absolute atomic E-state index is 0.0918. The highest BCUT2D eigenvalue weighted by molar-refractivity contribution is 7.89. The average molecular weight is 319 g/mol. The lowest BCUT2D eigenvalue weighted by Gasteiger charge is -2.19. The molecule has 0 aliphatic heterocycles. The Morgan fingerprint density at radius 3 is 2.80 bits per heavy atom. The summed E-state index contributed by atoms with van der Waals surface area (Å²) in [6.45, 7) is 0.497. The fourth-order valence-electron chi connectivity index (χ4n) is 2.56. The molecular formula is C13H19ClN2O3S.